The van der Waals surface area contributed by atoms with Gasteiger partial charge in [-0.05, 0) is 12.3 Å². The summed E-state index contributed by atoms with van der Waals surface area (Å²) in [5, 5.41) is 0. The average Bonchev–Trinajstić information content (AvgIpc) is 2.60. The minimum atomic E-state index is -4.18. The summed E-state index contributed by atoms with van der Waals surface area (Å²) in [5.74, 6) is -0.536. The number of ether oxygens (including phenoxy) is 1. The van der Waals surface area contributed by atoms with E-state index < -0.39 is 17.7 Å². The first-order valence-electron chi connectivity index (χ1n) is 3.83. The lowest BCUT2D eigenvalue weighted by Crippen LogP contribution is -2.27. The molecule has 0 aliphatic heterocycles. The van der Waals surface area contributed by atoms with Crippen molar-refractivity contribution in [3.05, 3.63) is 5.92 Å². The van der Waals surface area contributed by atoms with Gasteiger partial charge >= 0.3 is 6.18 Å². The standard InChI is InChI=1S/C8H12F3O/c1-5(2)7(12-3)4-6(7)8(9,10)11/h5H,4H2,1-3H3. The molecule has 0 heterocycles. The summed E-state index contributed by atoms with van der Waals surface area (Å²) in [7, 11) is 1.33. The van der Waals surface area contributed by atoms with Crippen molar-refractivity contribution in [2.45, 2.75) is 32.0 Å². The molecule has 1 radical (unpaired) electrons. The highest BCUT2D eigenvalue weighted by molar-refractivity contribution is 5.33. The Morgan fingerprint density at radius 3 is 2.00 bits per heavy atom. The number of rotatable bonds is 2. The molecule has 1 unspecified atom stereocenters. The molecule has 1 atom stereocenters. The predicted molar refractivity (Wildman–Crippen MR) is 38.5 cm³/mol. The van der Waals surface area contributed by atoms with E-state index in [0.29, 0.717) is 0 Å². The van der Waals surface area contributed by atoms with Crippen LogP contribution in [0.3, 0.4) is 0 Å². The van der Waals surface area contributed by atoms with Crippen LogP contribution in [0.2, 0.25) is 0 Å². The Morgan fingerprint density at radius 2 is 1.92 bits per heavy atom. The lowest BCUT2D eigenvalue weighted by atomic mass is 10.0. The van der Waals surface area contributed by atoms with Crippen molar-refractivity contribution in [2.75, 3.05) is 7.11 Å². The molecule has 0 N–H and O–H groups in total. The van der Waals surface area contributed by atoms with Crippen molar-refractivity contribution < 1.29 is 17.9 Å². The van der Waals surface area contributed by atoms with Crippen molar-refractivity contribution in [1.82, 2.24) is 0 Å². The Hall–Kier alpha value is -0.250. The van der Waals surface area contributed by atoms with Gasteiger partial charge in [0.05, 0.1) is 5.60 Å². The zero-order valence-corrected chi connectivity index (χ0v) is 7.33. The quantitative estimate of drug-likeness (QED) is 0.636. The third-order valence-electron chi connectivity index (χ3n) is 2.46. The fraction of sp³-hybridized carbons (Fsp3) is 0.875. The van der Waals surface area contributed by atoms with Crippen LogP contribution in [0.25, 0.3) is 0 Å². The highest BCUT2D eigenvalue weighted by Crippen LogP contribution is 2.60. The zero-order valence-electron chi connectivity index (χ0n) is 7.33. The lowest BCUT2D eigenvalue weighted by Gasteiger charge is -2.20. The molecular formula is C8H12F3O. The topological polar surface area (TPSA) is 9.23 Å². The van der Waals surface area contributed by atoms with Gasteiger partial charge in [0.15, 0.2) is 0 Å². The molecule has 0 spiro atoms. The fourth-order valence-electron chi connectivity index (χ4n) is 1.54. The van der Waals surface area contributed by atoms with Gasteiger partial charge in [-0.1, -0.05) is 13.8 Å². The smallest absolute Gasteiger partial charge is 0.377 e. The highest BCUT2D eigenvalue weighted by Gasteiger charge is 2.69. The van der Waals surface area contributed by atoms with Gasteiger partial charge in [0.2, 0.25) is 0 Å². The van der Waals surface area contributed by atoms with Crippen LogP contribution >= 0.6 is 0 Å². The normalized spacial score (nSPS) is 31.2. The minimum Gasteiger partial charge on any atom is -0.377 e. The summed E-state index contributed by atoms with van der Waals surface area (Å²) in [6, 6.07) is 0. The van der Waals surface area contributed by atoms with E-state index in [0.717, 1.165) is 0 Å². The van der Waals surface area contributed by atoms with Crippen molar-refractivity contribution in [3.8, 4) is 0 Å². The first-order valence-corrected chi connectivity index (χ1v) is 3.83. The van der Waals surface area contributed by atoms with E-state index in [9.17, 15) is 13.2 Å². The number of halogens is 3. The van der Waals surface area contributed by atoms with Crippen LogP contribution in [0.15, 0.2) is 0 Å². The lowest BCUT2D eigenvalue weighted by molar-refractivity contribution is -0.117. The second-order valence-corrected chi connectivity index (χ2v) is 3.40. The maximum atomic E-state index is 12.2. The summed E-state index contributed by atoms with van der Waals surface area (Å²) in [5.41, 5.74) is -1.02. The maximum Gasteiger partial charge on any atom is 0.398 e. The molecule has 0 aromatic rings. The highest BCUT2D eigenvalue weighted by atomic mass is 19.4. The molecular weight excluding hydrogens is 169 g/mol. The van der Waals surface area contributed by atoms with E-state index in [1.165, 1.54) is 7.11 Å². The number of methoxy groups -OCH3 is 1. The van der Waals surface area contributed by atoms with E-state index in [1.807, 2.05) is 0 Å². The summed E-state index contributed by atoms with van der Waals surface area (Å²) >= 11 is 0. The van der Waals surface area contributed by atoms with Crippen LogP contribution in [-0.4, -0.2) is 18.9 Å². The zero-order chi connectivity index (χ0) is 9.57. The van der Waals surface area contributed by atoms with E-state index in [-0.39, 0.29) is 12.3 Å². The van der Waals surface area contributed by atoms with Crippen LogP contribution in [0.1, 0.15) is 20.3 Å². The van der Waals surface area contributed by atoms with Crippen LogP contribution in [0, 0.1) is 11.8 Å². The van der Waals surface area contributed by atoms with Gasteiger partial charge in [-0.3, -0.25) is 0 Å². The predicted octanol–water partition coefficient (Wildman–Crippen LogP) is 2.57. The summed E-state index contributed by atoms with van der Waals surface area (Å²) in [6.45, 7) is 3.48. The third kappa shape index (κ3) is 1.32. The summed E-state index contributed by atoms with van der Waals surface area (Å²) in [4.78, 5) is 0. The van der Waals surface area contributed by atoms with E-state index in [1.54, 1.807) is 13.8 Å². The molecule has 71 valence electrons. The molecule has 1 fully saturated rings. The van der Waals surface area contributed by atoms with Gasteiger partial charge < -0.3 is 4.74 Å². The van der Waals surface area contributed by atoms with E-state index in [2.05, 4.69) is 0 Å². The van der Waals surface area contributed by atoms with Gasteiger partial charge in [0.1, 0.15) is 5.92 Å². The van der Waals surface area contributed by atoms with Gasteiger partial charge in [-0.2, -0.15) is 13.2 Å². The molecule has 4 heteroatoms. The second-order valence-electron chi connectivity index (χ2n) is 3.40. The second kappa shape index (κ2) is 2.62. The first-order chi connectivity index (χ1) is 5.34. The van der Waals surface area contributed by atoms with Crippen LogP contribution in [0.5, 0.6) is 0 Å². The molecule has 0 aromatic heterocycles. The maximum absolute atomic E-state index is 12.2. The first kappa shape index (κ1) is 9.84. The monoisotopic (exact) mass is 181 g/mol. The van der Waals surface area contributed by atoms with Gasteiger partial charge in [-0.25, -0.2) is 0 Å². The Kier molecular flexibility index (Phi) is 2.15. The Labute approximate surface area is 69.9 Å². The molecule has 12 heavy (non-hydrogen) atoms. The molecule has 1 aliphatic carbocycles. The van der Waals surface area contributed by atoms with Crippen LogP contribution in [0.4, 0.5) is 13.2 Å². The largest absolute Gasteiger partial charge is 0.398 e. The Morgan fingerprint density at radius 1 is 1.42 bits per heavy atom. The summed E-state index contributed by atoms with van der Waals surface area (Å²) < 4.78 is 41.4. The van der Waals surface area contributed by atoms with Gasteiger partial charge in [0.25, 0.3) is 0 Å². The molecule has 0 amide bonds. The number of hydrogen-bond acceptors (Lipinski definition) is 1. The van der Waals surface area contributed by atoms with Crippen LogP contribution in [-0.2, 0) is 4.74 Å². The Bertz CT molecular complexity index is 176. The number of alkyl halides is 3. The minimum absolute atomic E-state index is 0.0324. The van der Waals surface area contributed by atoms with Gasteiger partial charge in [-0.15, -0.1) is 0 Å². The SMILES string of the molecule is COC1(C(C)C)C[C]1C(F)(F)F. The third-order valence-corrected chi connectivity index (χ3v) is 2.46. The molecule has 0 bridgehead atoms. The molecule has 1 nitrogen and oxygen atoms in total. The van der Waals surface area contributed by atoms with Crippen LogP contribution < -0.4 is 0 Å². The van der Waals surface area contributed by atoms with Crippen molar-refractivity contribution in [1.29, 1.82) is 0 Å². The molecule has 1 rings (SSSR count). The van der Waals surface area contributed by atoms with Crippen molar-refractivity contribution in [2.24, 2.45) is 5.92 Å². The van der Waals surface area contributed by atoms with E-state index in [4.69, 9.17) is 4.74 Å². The fourth-order valence-corrected chi connectivity index (χ4v) is 1.54. The van der Waals surface area contributed by atoms with Crippen molar-refractivity contribution in [3.63, 3.8) is 0 Å². The average molecular weight is 181 g/mol. The molecule has 1 saturated carbocycles. The van der Waals surface area contributed by atoms with Gasteiger partial charge in [0, 0.05) is 7.11 Å². The molecule has 1 aliphatic rings. The number of hydrogen-bond donors (Lipinski definition) is 0. The summed E-state index contributed by atoms with van der Waals surface area (Å²) in [6.07, 6.45) is -4.15. The molecule has 0 aromatic carbocycles. The molecule has 0 saturated heterocycles. The van der Waals surface area contributed by atoms with E-state index >= 15 is 0 Å². The van der Waals surface area contributed by atoms with Crippen molar-refractivity contribution >= 4 is 0 Å². The Balaban J connectivity index is 2.68.